The van der Waals surface area contributed by atoms with Gasteiger partial charge in [0, 0.05) is 12.3 Å². The van der Waals surface area contributed by atoms with Crippen molar-refractivity contribution >= 4 is 5.97 Å². The fourth-order valence-electron chi connectivity index (χ4n) is 3.80. The average Bonchev–Trinajstić information content (AvgIpc) is 2.45. The van der Waals surface area contributed by atoms with E-state index in [0.717, 1.165) is 12.8 Å². The Bertz CT molecular complexity index is 319. The first-order valence-electron chi connectivity index (χ1n) is 6.36. The highest BCUT2D eigenvalue weighted by atomic mass is 16.5. The molecule has 0 bridgehead atoms. The first-order valence-corrected chi connectivity index (χ1v) is 6.36. The molecule has 2 heteroatoms. The van der Waals surface area contributed by atoms with Gasteiger partial charge in [-0.2, -0.15) is 0 Å². The predicted octanol–water partition coefficient (Wildman–Crippen LogP) is 3.46. The van der Waals surface area contributed by atoms with E-state index in [9.17, 15) is 4.79 Å². The SMILES string of the molecule is CC(=O)OC1CCCC12CC(C)=CC(C)C2. The second-order valence-electron chi connectivity index (χ2n) is 5.72. The first kappa shape index (κ1) is 11.7. The molecule has 2 rings (SSSR count). The predicted molar refractivity (Wildman–Crippen MR) is 64.0 cm³/mol. The van der Waals surface area contributed by atoms with Gasteiger partial charge in [0.05, 0.1) is 0 Å². The highest BCUT2D eigenvalue weighted by Gasteiger charge is 2.46. The molecule has 2 aliphatic rings. The Kier molecular flexibility index (Phi) is 3.09. The fourth-order valence-corrected chi connectivity index (χ4v) is 3.80. The van der Waals surface area contributed by atoms with Crippen LogP contribution in [-0.4, -0.2) is 12.1 Å². The van der Waals surface area contributed by atoms with Gasteiger partial charge >= 0.3 is 5.97 Å². The van der Waals surface area contributed by atoms with Crippen LogP contribution >= 0.6 is 0 Å². The van der Waals surface area contributed by atoms with E-state index in [1.54, 1.807) is 0 Å². The van der Waals surface area contributed by atoms with Crippen LogP contribution < -0.4 is 0 Å². The molecule has 0 amide bonds. The van der Waals surface area contributed by atoms with E-state index in [2.05, 4.69) is 19.9 Å². The lowest BCUT2D eigenvalue weighted by molar-refractivity contribution is -0.152. The summed E-state index contributed by atoms with van der Waals surface area (Å²) in [6, 6.07) is 0. The highest BCUT2D eigenvalue weighted by Crippen LogP contribution is 2.51. The third-order valence-electron chi connectivity index (χ3n) is 4.06. The van der Waals surface area contributed by atoms with E-state index in [4.69, 9.17) is 4.74 Å². The minimum Gasteiger partial charge on any atom is -0.462 e. The molecule has 1 spiro atoms. The maximum absolute atomic E-state index is 11.2. The quantitative estimate of drug-likeness (QED) is 0.501. The Morgan fingerprint density at radius 2 is 2.31 bits per heavy atom. The van der Waals surface area contributed by atoms with E-state index in [0.29, 0.717) is 5.92 Å². The summed E-state index contributed by atoms with van der Waals surface area (Å²) in [4.78, 5) is 11.2. The minimum atomic E-state index is -0.119. The number of carbonyl (C=O) groups is 1. The Balaban J connectivity index is 2.17. The standard InChI is InChI=1S/C14H22O2/c1-10-7-11(2)9-14(8-10)6-4-5-13(14)16-12(3)15/h7,10,13H,4-6,8-9H2,1-3H3. The summed E-state index contributed by atoms with van der Waals surface area (Å²) in [5.41, 5.74) is 1.72. The van der Waals surface area contributed by atoms with Crippen LogP contribution in [0.15, 0.2) is 11.6 Å². The van der Waals surface area contributed by atoms with Crippen LogP contribution in [0.5, 0.6) is 0 Å². The molecule has 1 fully saturated rings. The van der Waals surface area contributed by atoms with Crippen molar-refractivity contribution in [2.75, 3.05) is 0 Å². The molecule has 0 aromatic carbocycles. The van der Waals surface area contributed by atoms with Gasteiger partial charge in [-0.1, -0.05) is 18.6 Å². The van der Waals surface area contributed by atoms with Crippen molar-refractivity contribution in [3.63, 3.8) is 0 Å². The van der Waals surface area contributed by atoms with E-state index in [1.165, 1.54) is 31.8 Å². The van der Waals surface area contributed by atoms with Gasteiger partial charge in [0.2, 0.25) is 0 Å². The fraction of sp³-hybridized carbons (Fsp3) is 0.786. The number of allylic oxidation sites excluding steroid dienone is 2. The third-order valence-corrected chi connectivity index (χ3v) is 4.06. The summed E-state index contributed by atoms with van der Waals surface area (Å²) < 4.78 is 5.54. The average molecular weight is 222 g/mol. The van der Waals surface area contributed by atoms with Crippen LogP contribution in [0.3, 0.4) is 0 Å². The molecule has 2 aliphatic carbocycles. The van der Waals surface area contributed by atoms with Gasteiger partial charge in [0.25, 0.3) is 0 Å². The van der Waals surface area contributed by atoms with Crippen molar-refractivity contribution in [3.05, 3.63) is 11.6 Å². The lowest BCUT2D eigenvalue weighted by Gasteiger charge is -2.40. The minimum absolute atomic E-state index is 0.119. The first-order chi connectivity index (χ1) is 7.52. The number of hydrogen-bond donors (Lipinski definition) is 0. The molecule has 0 aromatic rings. The Hall–Kier alpha value is -0.790. The van der Waals surface area contributed by atoms with Gasteiger partial charge in [-0.15, -0.1) is 0 Å². The van der Waals surface area contributed by atoms with Crippen molar-refractivity contribution in [3.8, 4) is 0 Å². The second-order valence-corrected chi connectivity index (χ2v) is 5.72. The van der Waals surface area contributed by atoms with Crippen LogP contribution in [0, 0.1) is 11.3 Å². The van der Waals surface area contributed by atoms with E-state index < -0.39 is 0 Å². The van der Waals surface area contributed by atoms with Crippen LogP contribution in [0.25, 0.3) is 0 Å². The van der Waals surface area contributed by atoms with Crippen molar-refractivity contribution in [1.29, 1.82) is 0 Å². The summed E-state index contributed by atoms with van der Waals surface area (Å²) in [6.07, 6.45) is 8.32. The van der Waals surface area contributed by atoms with Crippen molar-refractivity contribution in [2.45, 2.75) is 59.0 Å². The molecule has 90 valence electrons. The van der Waals surface area contributed by atoms with Crippen molar-refractivity contribution in [2.24, 2.45) is 11.3 Å². The molecule has 1 saturated carbocycles. The zero-order valence-electron chi connectivity index (χ0n) is 10.6. The molecule has 0 saturated heterocycles. The number of hydrogen-bond acceptors (Lipinski definition) is 2. The number of carbonyl (C=O) groups excluding carboxylic acids is 1. The Morgan fingerprint density at radius 1 is 1.56 bits per heavy atom. The molecule has 0 aliphatic heterocycles. The monoisotopic (exact) mass is 222 g/mol. The molecule has 0 aromatic heterocycles. The van der Waals surface area contributed by atoms with E-state index in [-0.39, 0.29) is 17.5 Å². The topological polar surface area (TPSA) is 26.3 Å². The zero-order valence-corrected chi connectivity index (χ0v) is 10.6. The van der Waals surface area contributed by atoms with Gasteiger partial charge in [-0.05, 0) is 44.9 Å². The highest BCUT2D eigenvalue weighted by molar-refractivity contribution is 5.66. The molecular formula is C14H22O2. The van der Waals surface area contributed by atoms with Crippen LogP contribution in [-0.2, 0) is 9.53 Å². The molecule has 3 unspecified atom stereocenters. The normalized spacial score (nSPS) is 38.6. The molecule has 0 radical (unpaired) electrons. The molecule has 0 heterocycles. The van der Waals surface area contributed by atoms with Crippen LogP contribution in [0.2, 0.25) is 0 Å². The van der Waals surface area contributed by atoms with Crippen LogP contribution in [0.4, 0.5) is 0 Å². The smallest absolute Gasteiger partial charge is 0.302 e. The second kappa shape index (κ2) is 4.23. The van der Waals surface area contributed by atoms with E-state index in [1.807, 2.05) is 0 Å². The summed E-state index contributed by atoms with van der Waals surface area (Å²) in [5.74, 6) is 0.510. The lowest BCUT2D eigenvalue weighted by atomic mass is 9.68. The lowest BCUT2D eigenvalue weighted by Crippen LogP contribution is -2.37. The number of esters is 1. The zero-order chi connectivity index (χ0) is 11.8. The summed E-state index contributed by atoms with van der Waals surface area (Å²) in [7, 11) is 0. The Labute approximate surface area is 98.1 Å². The van der Waals surface area contributed by atoms with Gasteiger partial charge in [-0.25, -0.2) is 0 Å². The van der Waals surface area contributed by atoms with Gasteiger partial charge in [0.1, 0.15) is 6.10 Å². The largest absolute Gasteiger partial charge is 0.462 e. The molecule has 16 heavy (non-hydrogen) atoms. The maximum Gasteiger partial charge on any atom is 0.302 e. The number of rotatable bonds is 1. The summed E-state index contributed by atoms with van der Waals surface area (Å²) in [5, 5.41) is 0. The van der Waals surface area contributed by atoms with Crippen molar-refractivity contribution in [1.82, 2.24) is 0 Å². The Morgan fingerprint density at radius 3 is 2.94 bits per heavy atom. The van der Waals surface area contributed by atoms with Gasteiger partial charge in [-0.3, -0.25) is 4.79 Å². The molecule has 0 N–H and O–H groups in total. The molecular weight excluding hydrogens is 200 g/mol. The van der Waals surface area contributed by atoms with Crippen molar-refractivity contribution < 1.29 is 9.53 Å². The van der Waals surface area contributed by atoms with Gasteiger partial charge < -0.3 is 4.74 Å². The van der Waals surface area contributed by atoms with Crippen LogP contribution in [0.1, 0.15) is 52.9 Å². The maximum atomic E-state index is 11.2. The molecule has 3 atom stereocenters. The van der Waals surface area contributed by atoms with E-state index >= 15 is 0 Å². The third kappa shape index (κ3) is 2.16. The summed E-state index contributed by atoms with van der Waals surface area (Å²) in [6.45, 7) is 6.01. The molecule has 2 nitrogen and oxygen atoms in total. The summed E-state index contributed by atoms with van der Waals surface area (Å²) >= 11 is 0. The van der Waals surface area contributed by atoms with Gasteiger partial charge in [0.15, 0.2) is 0 Å². The number of ether oxygens (including phenoxy) is 1.